The van der Waals surface area contributed by atoms with Gasteiger partial charge < -0.3 is 0 Å². The van der Waals surface area contributed by atoms with Crippen molar-refractivity contribution in [3.63, 3.8) is 0 Å². The van der Waals surface area contributed by atoms with Crippen LogP contribution < -0.4 is 115 Å². The van der Waals surface area contributed by atoms with Crippen LogP contribution >= 0.6 is 0 Å². The first-order chi connectivity index (χ1) is 30.6. The quantitative estimate of drug-likeness (QED) is 0.124. The second-order valence-corrected chi connectivity index (χ2v) is 16.1. The maximum absolute atomic E-state index is 7.30. The van der Waals surface area contributed by atoms with Crippen LogP contribution in [0.2, 0.25) is 0 Å². The Labute approximate surface area is 406 Å². The van der Waals surface area contributed by atoms with Crippen molar-refractivity contribution in [2.24, 2.45) is 0 Å². The van der Waals surface area contributed by atoms with Crippen LogP contribution in [0.3, 0.4) is 0 Å². The molecule has 0 heterocycles. The lowest BCUT2D eigenvalue weighted by atomic mass is 9.55. The van der Waals surface area contributed by atoms with Crippen LogP contribution in [-0.2, 0) is 0 Å². The summed E-state index contributed by atoms with van der Waals surface area (Å²) in [6.07, 6.45) is 0. The van der Waals surface area contributed by atoms with Crippen molar-refractivity contribution in [1.82, 2.24) is 0 Å². The summed E-state index contributed by atoms with van der Waals surface area (Å²) in [5, 5.41) is 3.17. The summed E-state index contributed by atoms with van der Waals surface area (Å²) in [5.41, 5.74) is 0.380. The molecule has 21 heteroatoms. The van der Waals surface area contributed by atoms with E-state index in [2.05, 4.69) is 0 Å². The topological polar surface area (TPSA) is 0 Å². The summed E-state index contributed by atoms with van der Waals surface area (Å²) in [6, 6.07) is 13.4. The fraction of sp³-hybridized carbons (Fsp3) is 0. The molecule has 0 unspecified atom stereocenters. The van der Waals surface area contributed by atoms with Crippen LogP contribution in [0.15, 0.2) is 42.5 Å². The van der Waals surface area contributed by atoms with E-state index in [4.69, 9.17) is 165 Å². The molecule has 0 saturated carbocycles. The van der Waals surface area contributed by atoms with Crippen molar-refractivity contribution in [3.05, 3.63) is 42.5 Å². The van der Waals surface area contributed by atoms with Crippen molar-refractivity contribution in [2.75, 3.05) is 0 Å². The fourth-order valence-electron chi connectivity index (χ4n) is 9.53. The SMILES string of the molecule is [B]c1c(-c2c3c([B])c([B])c([B])c([B])c3c(-c3cccc4ccccc34)c3c([B])c([B])c([B])c([B])c23)c([B])c2c([B])c([B])c(-c3c([B])c([B])c([B])c4c([B])c([B])c([B])c([B])c34)c([B])c2c1[B]. The molecule has 42 radical (unpaired) electrons. The third-order valence-electron chi connectivity index (χ3n) is 12.9. The van der Waals surface area contributed by atoms with E-state index in [1.807, 2.05) is 42.5 Å². The molecule has 0 atom stereocenters. The van der Waals surface area contributed by atoms with Gasteiger partial charge in [-0.15, -0.1) is 38.2 Å². The Kier molecular flexibility index (Phi) is 11.2. The van der Waals surface area contributed by atoms with Crippen molar-refractivity contribution in [3.8, 4) is 33.4 Å². The van der Waals surface area contributed by atoms with Crippen LogP contribution in [-0.4, -0.2) is 165 Å². The van der Waals surface area contributed by atoms with Gasteiger partial charge in [0.1, 0.15) is 165 Å². The maximum atomic E-state index is 7.30. The summed E-state index contributed by atoms with van der Waals surface area (Å²) in [6.45, 7) is 0. The van der Waals surface area contributed by atoms with Gasteiger partial charge in [-0.3, -0.25) is 0 Å². The van der Waals surface area contributed by atoms with E-state index >= 15 is 0 Å². The lowest BCUT2D eigenvalue weighted by Crippen LogP contribution is -2.53. The Hall–Kier alpha value is -4.36. The summed E-state index contributed by atoms with van der Waals surface area (Å²) < 4.78 is 0. The number of benzene rings is 9. The lowest BCUT2D eigenvalue weighted by molar-refractivity contribution is 1.73. The van der Waals surface area contributed by atoms with Gasteiger partial charge in [-0.1, -0.05) is 119 Å². The first kappa shape index (κ1) is 45.8. The first-order valence-corrected chi connectivity index (χ1v) is 19.6. The highest BCUT2D eigenvalue weighted by molar-refractivity contribution is 6.76. The number of hydrogen-bond acceptors (Lipinski definition) is 0. The predicted octanol–water partition coefficient (Wildman–Crippen LogP) is -12.9. The summed E-state index contributed by atoms with van der Waals surface area (Å²) >= 11 is 0. The summed E-state index contributed by atoms with van der Waals surface area (Å²) in [7, 11) is 143. The molecular weight excluding hydrogens is 756 g/mol. The molecule has 246 valence electrons. The molecule has 9 aromatic carbocycles. The van der Waals surface area contributed by atoms with Crippen molar-refractivity contribution < 1.29 is 0 Å². The Morgan fingerprint density at radius 1 is 0.185 bits per heavy atom. The zero-order valence-electron chi connectivity index (χ0n) is 34.7. The van der Waals surface area contributed by atoms with Gasteiger partial charge in [0.15, 0.2) is 0 Å². The lowest BCUT2D eigenvalue weighted by Gasteiger charge is -2.32. The fourth-order valence-corrected chi connectivity index (χ4v) is 9.53. The Morgan fingerprint density at radius 3 is 0.892 bits per heavy atom. The Balaban J connectivity index is 1.53. The molecule has 0 aromatic heterocycles. The van der Waals surface area contributed by atoms with Crippen molar-refractivity contribution >= 4 is 333 Å². The van der Waals surface area contributed by atoms with E-state index in [-0.39, 0.29) is 169 Å². The molecule has 9 aromatic rings. The molecule has 65 heavy (non-hydrogen) atoms. The van der Waals surface area contributed by atoms with Gasteiger partial charge in [-0.05, 0) is 87.2 Å². The van der Waals surface area contributed by atoms with Gasteiger partial charge in [-0.2, -0.15) is 0 Å². The van der Waals surface area contributed by atoms with Crippen molar-refractivity contribution in [2.45, 2.75) is 0 Å². The molecule has 0 aliphatic carbocycles. The minimum atomic E-state index is -0.134. The zero-order valence-corrected chi connectivity index (χ0v) is 34.7. The van der Waals surface area contributed by atoms with Crippen LogP contribution in [0.5, 0.6) is 0 Å². The molecular formula is C44H7B21. The number of fused-ring (bicyclic) bond motifs is 5. The smallest absolute Gasteiger partial charge is 0.110 e. The highest BCUT2D eigenvalue weighted by atomic mass is 14.3. The average molecular weight is 763 g/mol. The minimum absolute atomic E-state index is 0.00465. The minimum Gasteiger partial charge on any atom is -0.110 e. The van der Waals surface area contributed by atoms with E-state index in [1.54, 1.807) is 0 Å². The molecule has 0 amide bonds. The second kappa shape index (κ2) is 15.9. The third kappa shape index (κ3) is 6.07. The van der Waals surface area contributed by atoms with E-state index in [1.165, 1.54) is 0 Å². The second-order valence-electron chi connectivity index (χ2n) is 16.1. The summed E-state index contributed by atoms with van der Waals surface area (Å²) in [5.74, 6) is 0. The Bertz CT molecular complexity index is 3630. The number of hydrogen-bond donors (Lipinski definition) is 0. The maximum Gasteiger partial charge on any atom is 0.115 e. The van der Waals surface area contributed by atoms with Crippen LogP contribution in [0, 0.1) is 0 Å². The van der Waals surface area contributed by atoms with E-state index in [0.29, 0.717) is 21.9 Å². The molecule has 0 fully saturated rings. The molecule has 0 bridgehead atoms. The monoisotopic (exact) mass is 766 g/mol. The first-order valence-electron chi connectivity index (χ1n) is 19.6. The largest absolute Gasteiger partial charge is 0.115 e. The van der Waals surface area contributed by atoms with Gasteiger partial charge in [0.2, 0.25) is 0 Å². The van der Waals surface area contributed by atoms with Crippen LogP contribution in [0.4, 0.5) is 0 Å². The standard InChI is InChI=1S/C44H7B21/c45-24-19(32(53)34(55)23-22(24)35(56)33(54)20(25(23)46)17-18-21(36(57)38(59)30(17)51)37(58)44(65)43(64)31(18)52)12-15-13(26(47)39(60)41(62)28(15)49)11(10-7-3-5-8-4-1-2-6-9(8)10)14-16(12)29(50)42(63)40(61)27(14)48/h1-7H. The zero-order chi connectivity index (χ0) is 47.3. The molecule has 9 rings (SSSR count). The predicted molar refractivity (Wildman–Crippen MR) is 303 cm³/mol. The van der Waals surface area contributed by atoms with Gasteiger partial charge in [-0.25, -0.2) is 0 Å². The highest BCUT2D eigenvalue weighted by Crippen LogP contribution is 2.42. The third-order valence-corrected chi connectivity index (χ3v) is 12.9. The van der Waals surface area contributed by atoms with E-state index < -0.39 is 0 Å². The van der Waals surface area contributed by atoms with Crippen LogP contribution in [0.1, 0.15) is 0 Å². The highest BCUT2D eigenvalue weighted by Gasteiger charge is 2.29. The molecule has 0 spiro atoms. The molecule has 0 aliphatic rings. The molecule has 0 saturated heterocycles. The van der Waals surface area contributed by atoms with Crippen molar-refractivity contribution in [1.29, 1.82) is 0 Å². The average Bonchev–Trinajstić information content (AvgIpc) is 3.29. The molecule has 0 N–H and O–H groups in total. The van der Waals surface area contributed by atoms with E-state index in [9.17, 15) is 0 Å². The van der Waals surface area contributed by atoms with Crippen LogP contribution in [0.25, 0.3) is 87.2 Å². The van der Waals surface area contributed by atoms with Gasteiger partial charge in [0, 0.05) is 0 Å². The van der Waals surface area contributed by atoms with Gasteiger partial charge >= 0.3 is 0 Å². The summed E-state index contributed by atoms with van der Waals surface area (Å²) in [4.78, 5) is 0. The number of rotatable bonds is 3. The van der Waals surface area contributed by atoms with E-state index in [0.717, 1.165) is 10.8 Å². The van der Waals surface area contributed by atoms with Gasteiger partial charge in [0.05, 0.1) is 0 Å². The molecule has 0 nitrogen and oxygen atoms in total. The Morgan fingerprint density at radius 2 is 0.462 bits per heavy atom. The normalized spacial score (nSPS) is 11.8. The molecule has 0 aliphatic heterocycles. The van der Waals surface area contributed by atoms with Gasteiger partial charge in [0.25, 0.3) is 0 Å².